The number of benzene rings is 3. The van der Waals surface area contributed by atoms with Crippen molar-refractivity contribution in [2.24, 2.45) is 0 Å². The average Bonchev–Trinajstić information content (AvgIpc) is 3.21. The molecule has 2 amide bonds. The molecule has 0 aliphatic carbocycles. The first-order chi connectivity index (χ1) is 15.4. The van der Waals surface area contributed by atoms with Gasteiger partial charge in [-0.3, -0.25) is 14.9 Å². The fourth-order valence-corrected chi connectivity index (χ4v) is 3.39. The number of fused-ring (bicyclic) bond motifs is 1. The zero-order valence-corrected chi connectivity index (χ0v) is 18.5. The van der Waals surface area contributed by atoms with Crippen LogP contribution < -0.4 is 16.0 Å². The lowest BCUT2D eigenvalue weighted by molar-refractivity contribution is 0.0975. The zero-order chi connectivity index (χ0) is 22.7. The molecule has 0 spiro atoms. The topological polar surface area (TPSA) is 83.4 Å². The monoisotopic (exact) mass is 463 g/mol. The van der Waals surface area contributed by atoms with Gasteiger partial charge >= 0.3 is 0 Å². The molecule has 4 aromatic rings. The molecule has 0 saturated carbocycles. The summed E-state index contributed by atoms with van der Waals surface area (Å²) in [6.07, 6.45) is 0. The van der Waals surface area contributed by atoms with E-state index >= 15 is 0 Å². The Morgan fingerprint density at radius 1 is 0.875 bits per heavy atom. The average molecular weight is 464 g/mol. The van der Waals surface area contributed by atoms with Gasteiger partial charge in [0.25, 0.3) is 11.8 Å². The number of para-hydroxylation sites is 1. The van der Waals surface area contributed by atoms with Gasteiger partial charge in [0.2, 0.25) is 0 Å². The summed E-state index contributed by atoms with van der Waals surface area (Å²) in [6.45, 7) is 1.86. The van der Waals surface area contributed by atoms with Crippen molar-refractivity contribution < 1.29 is 14.0 Å². The van der Waals surface area contributed by atoms with E-state index in [4.69, 9.17) is 28.2 Å². The molecule has 3 aromatic carbocycles. The third-order valence-corrected chi connectivity index (χ3v) is 5.32. The van der Waals surface area contributed by atoms with E-state index in [1.807, 2.05) is 31.2 Å². The Balaban J connectivity index is 1.34. The predicted octanol–water partition coefficient (Wildman–Crippen LogP) is 5.77. The van der Waals surface area contributed by atoms with Crippen LogP contribution in [-0.2, 0) is 0 Å². The standard InChI is InChI=1S/C24H18ClN3O3S/c1-14-6-7-16(12-19(14)25)22(29)28-24(32)27-18-10-8-17(9-11-18)26-23(30)21-13-15-4-2-3-5-20(15)31-21/h2-13H,1H3,(H,26,30)(H2,27,28,29,32). The molecule has 0 unspecified atom stereocenters. The van der Waals surface area contributed by atoms with Crippen LogP contribution >= 0.6 is 23.8 Å². The smallest absolute Gasteiger partial charge is 0.291 e. The molecule has 6 nitrogen and oxygen atoms in total. The fraction of sp³-hybridized carbons (Fsp3) is 0.0417. The number of rotatable bonds is 4. The van der Waals surface area contributed by atoms with Crippen LogP contribution in [0, 0.1) is 6.92 Å². The fourth-order valence-electron chi connectivity index (χ4n) is 3.00. The number of thiocarbonyl (C=S) groups is 1. The number of carbonyl (C=O) groups excluding carboxylic acids is 2. The molecule has 0 aliphatic rings. The predicted molar refractivity (Wildman–Crippen MR) is 130 cm³/mol. The van der Waals surface area contributed by atoms with E-state index in [0.29, 0.717) is 27.5 Å². The summed E-state index contributed by atoms with van der Waals surface area (Å²) in [5, 5.41) is 9.85. The molecule has 8 heteroatoms. The molecule has 3 N–H and O–H groups in total. The molecule has 0 atom stereocenters. The molecule has 0 aliphatic heterocycles. The van der Waals surface area contributed by atoms with Crippen molar-refractivity contribution in [1.29, 1.82) is 0 Å². The number of carbonyl (C=O) groups is 2. The molecule has 1 heterocycles. The van der Waals surface area contributed by atoms with Crippen molar-refractivity contribution in [1.82, 2.24) is 5.32 Å². The number of hydrogen-bond acceptors (Lipinski definition) is 4. The maximum atomic E-state index is 12.4. The summed E-state index contributed by atoms with van der Waals surface area (Å²) in [4.78, 5) is 24.8. The third kappa shape index (κ3) is 4.96. The first-order valence-electron chi connectivity index (χ1n) is 9.67. The minimum Gasteiger partial charge on any atom is -0.451 e. The van der Waals surface area contributed by atoms with Gasteiger partial charge in [0.15, 0.2) is 10.9 Å². The van der Waals surface area contributed by atoms with Gasteiger partial charge in [-0.1, -0.05) is 35.9 Å². The summed E-state index contributed by atoms with van der Waals surface area (Å²) in [5.41, 5.74) is 3.19. The second-order valence-corrected chi connectivity index (χ2v) is 7.87. The van der Waals surface area contributed by atoms with Crippen molar-refractivity contribution in [3.63, 3.8) is 0 Å². The minimum atomic E-state index is -0.362. The number of nitrogens with one attached hydrogen (secondary N) is 3. The molecular weight excluding hydrogens is 446 g/mol. The Labute approximate surface area is 194 Å². The summed E-state index contributed by atoms with van der Waals surface area (Å²) in [6, 6.07) is 21.1. The van der Waals surface area contributed by atoms with Crippen molar-refractivity contribution in [2.45, 2.75) is 6.92 Å². The molecule has 0 fully saturated rings. The molecule has 1 aromatic heterocycles. The van der Waals surface area contributed by atoms with Crippen molar-refractivity contribution >= 4 is 63.1 Å². The Hall–Kier alpha value is -3.68. The highest BCUT2D eigenvalue weighted by atomic mass is 35.5. The summed E-state index contributed by atoms with van der Waals surface area (Å²) < 4.78 is 5.58. The summed E-state index contributed by atoms with van der Waals surface area (Å²) >= 11 is 11.3. The number of furan rings is 1. The number of amides is 2. The second kappa shape index (κ2) is 9.21. The molecule has 0 bridgehead atoms. The van der Waals surface area contributed by atoms with E-state index in [9.17, 15) is 9.59 Å². The van der Waals surface area contributed by atoms with Crippen LogP contribution in [0.4, 0.5) is 11.4 Å². The van der Waals surface area contributed by atoms with Crippen LogP contribution in [0.15, 0.2) is 77.2 Å². The van der Waals surface area contributed by atoms with E-state index in [-0.39, 0.29) is 22.7 Å². The summed E-state index contributed by atoms with van der Waals surface area (Å²) in [7, 11) is 0. The summed E-state index contributed by atoms with van der Waals surface area (Å²) in [5.74, 6) is -0.478. The van der Waals surface area contributed by atoms with Gasteiger partial charge in [-0.2, -0.15) is 0 Å². The second-order valence-electron chi connectivity index (χ2n) is 7.05. The highest BCUT2D eigenvalue weighted by molar-refractivity contribution is 7.80. The van der Waals surface area contributed by atoms with Gasteiger partial charge in [0, 0.05) is 27.3 Å². The van der Waals surface area contributed by atoms with Gasteiger partial charge < -0.3 is 15.1 Å². The number of halogens is 1. The quantitative estimate of drug-likeness (QED) is 0.334. The van der Waals surface area contributed by atoms with Crippen molar-refractivity contribution in [2.75, 3.05) is 10.6 Å². The Morgan fingerprint density at radius 3 is 2.25 bits per heavy atom. The van der Waals surface area contributed by atoms with Gasteiger partial charge in [-0.05, 0) is 73.2 Å². The number of aryl methyl sites for hydroxylation is 1. The number of hydrogen-bond donors (Lipinski definition) is 3. The van der Waals surface area contributed by atoms with Gasteiger partial charge in [0.1, 0.15) is 5.58 Å². The lowest BCUT2D eigenvalue weighted by atomic mass is 10.1. The van der Waals surface area contributed by atoms with Crippen LogP contribution in [0.1, 0.15) is 26.5 Å². The van der Waals surface area contributed by atoms with Crippen LogP contribution in [0.3, 0.4) is 0 Å². The van der Waals surface area contributed by atoms with E-state index in [2.05, 4.69) is 16.0 Å². The van der Waals surface area contributed by atoms with Crippen LogP contribution in [0.5, 0.6) is 0 Å². The third-order valence-electron chi connectivity index (χ3n) is 4.71. The van der Waals surface area contributed by atoms with Gasteiger partial charge in [0.05, 0.1) is 0 Å². The molecule has 160 valence electrons. The minimum absolute atomic E-state index is 0.144. The van der Waals surface area contributed by atoms with E-state index < -0.39 is 0 Å². The molecule has 0 radical (unpaired) electrons. The largest absolute Gasteiger partial charge is 0.451 e. The zero-order valence-electron chi connectivity index (χ0n) is 16.9. The normalized spacial score (nSPS) is 10.6. The molecular formula is C24H18ClN3O3S. The molecule has 0 saturated heterocycles. The molecule has 4 rings (SSSR count). The van der Waals surface area contributed by atoms with E-state index in [1.54, 1.807) is 48.5 Å². The number of anilines is 2. The van der Waals surface area contributed by atoms with E-state index in [0.717, 1.165) is 10.9 Å². The maximum Gasteiger partial charge on any atom is 0.291 e. The highest BCUT2D eigenvalue weighted by Crippen LogP contribution is 2.21. The van der Waals surface area contributed by atoms with Gasteiger partial charge in [-0.25, -0.2) is 0 Å². The molecule has 32 heavy (non-hydrogen) atoms. The van der Waals surface area contributed by atoms with Crippen molar-refractivity contribution in [3.05, 3.63) is 94.7 Å². The maximum absolute atomic E-state index is 12.4. The van der Waals surface area contributed by atoms with E-state index in [1.165, 1.54) is 0 Å². The van der Waals surface area contributed by atoms with Crippen LogP contribution in [0.2, 0.25) is 5.02 Å². The van der Waals surface area contributed by atoms with Gasteiger partial charge in [-0.15, -0.1) is 0 Å². The Morgan fingerprint density at radius 2 is 1.56 bits per heavy atom. The first-order valence-corrected chi connectivity index (χ1v) is 10.5. The van der Waals surface area contributed by atoms with Crippen molar-refractivity contribution in [3.8, 4) is 0 Å². The Bertz CT molecular complexity index is 1300. The SMILES string of the molecule is Cc1ccc(C(=O)NC(=S)Nc2ccc(NC(=O)c3cc4ccccc4o3)cc2)cc1Cl. The lowest BCUT2D eigenvalue weighted by Crippen LogP contribution is -2.34. The first kappa shape index (κ1) is 21.5. The lowest BCUT2D eigenvalue weighted by Gasteiger charge is -2.11. The highest BCUT2D eigenvalue weighted by Gasteiger charge is 2.13. The van der Waals surface area contributed by atoms with Crippen LogP contribution in [0.25, 0.3) is 11.0 Å². The van der Waals surface area contributed by atoms with Crippen LogP contribution in [-0.4, -0.2) is 16.9 Å². The Kier molecular flexibility index (Phi) is 6.20.